The monoisotopic (exact) mass is 418 g/mol. The number of carbonyl (C=O) groups excluding carboxylic acids is 1. The molecule has 0 bridgehead atoms. The molecule has 31 heavy (non-hydrogen) atoms. The van der Waals surface area contributed by atoms with Gasteiger partial charge in [-0.05, 0) is 42.8 Å². The Hall–Kier alpha value is -3.72. The quantitative estimate of drug-likeness (QED) is 0.481. The van der Waals surface area contributed by atoms with Gasteiger partial charge in [0.05, 0.1) is 25.5 Å². The number of aromatic nitrogens is 5. The first-order valence-corrected chi connectivity index (χ1v) is 10.1. The molecule has 1 unspecified atom stereocenters. The molecule has 0 saturated carbocycles. The zero-order valence-electron chi connectivity index (χ0n) is 17.1. The molecule has 1 fully saturated rings. The summed E-state index contributed by atoms with van der Waals surface area (Å²) >= 11 is 0. The molecule has 1 saturated heterocycles. The van der Waals surface area contributed by atoms with Crippen LogP contribution in [0.5, 0.6) is 0 Å². The van der Waals surface area contributed by atoms with Crippen LogP contribution in [0.4, 0.5) is 11.6 Å². The van der Waals surface area contributed by atoms with E-state index in [1.165, 1.54) is 7.11 Å². The molecule has 5 rings (SSSR count). The lowest BCUT2D eigenvalue weighted by Crippen LogP contribution is -2.10. The minimum Gasteiger partial charge on any atom is -0.465 e. The summed E-state index contributed by atoms with van der Waals surface area (Å²) in [6, 6.07) is 10.9. The van der Waals surface area contributed by atoms with Crippen molar-refractivity contribution in [2.75, 3.05) is 25.6 Å². The van der Waals surface area contributed by atoms with E-state index >= 15 is 0 Å². The highest BCUT2D eigenvalue weighted by Gasteiger charge is 2.17. The fourth-order valence-corrected chi connectivity index (χ4v) is 3.72. The van der Waals surface area contributed by atoms with E-state index in [2.05, 4.69) is 20.5 Å². The van der Waals surface area contributed by atoms with E-state index in [9.17, 15) is 4.79 Å². The summed E-state index contributed by atoms with van der Waals surface area (Å²) in [6.45, 7) is 2.48. The number of nitrogens with one attached hydrogen (secondary N) is 1. The maximum absolute atomic E-state index is 11.6. The standard InChI is InChI=1S/C22H22N6O3/c1-30-21(29)16-4-6-18(7-5-16)24-22-25-20-19(3-2-9-28(20)26-22)17-11-23-27(13-17)12-15-8-10-31-14-15/h2-7,9,11,13,15H,8,10,12,14H2,1H3,(H,24,26). The zero-order valence-corrected chi connectivity index (χ0v) is 17.1. The number of ether oxygens (including phenoxy) is 2. The predicted molar refractivity (Wildman–Crippen MR) is 114 cm³/mol. The van der Waals surface area contributed by atoms with Crippen LogP contribution in [0, 0.1) is 5.92 Å². The molecule has 1 aliphatic heterocycles. The highest BCUT2D eigenvalue weighted by atomic mass is 16.5. The van der Waals surface area contributed by atoms with Crippen LogP contribution in [0.25, 0.3) is 16.8 Å². The van der Waals surface area contributed by atoms with E-state index in [1.807, 2.05) is 35.4 Å². The number of benzene rings is 1. The maximum Gasteiger partial charge on any atom is 0.337 e. The Bertz CT molecular complexity index is 1210. The number of fused-ring (bicyclic) bond motifs is 1. The largest absolute Gasteiger partial charge is 0.465 e. The number of anilines is 2. The lowest BCUT2D eigenvalue weighted by molar-refractivity contribution is 0.0601. The van der Waals surface area contributed by atoms with Crippen molar-refractivity contribution in [1.82, 2.24) is 24.4 Å². The van der Waals surface area contributed by atoms with Gasteiger partial charge in [0, 0.05) is 48.3 Å². The third kappa shape index (κ3) is 3.99. The molecule has 4 aromatic rings. The number of rotatable bonds is 6. The summed E-state index contributed by atoms with van der Waals surface area (Å²) in [6.07, 6.45) is 6.83. The fraction of sp³-hybridized carbons (Fsp3) is 0.273. The molecular formula is C22H22N6O3. The van der Waals surface area contributed by atoms with E-state index < -0.39 is 0 Å². The van der Waals surface area contributed by atoms with Crippen molar-refractivity contribution < 1.29 is 14.3 Å². The molecular weight excluding hydrogens is 396 g/mol. The van der Waals surface area contributed by atoms with Gasteiger partial charge < -0.3 is 14.8 Å². The fourth-order valence-electron chi connectivity index (χ4n) is 3.72. The third-order valence-electron chi connectivity index (χ3n) is 5.34. The highest BCUT2D eigenvalue weighted by molar-refractivity contribution is 5.89. The van der Waals surface area contributed by atoms with Crippen LogP contribution < -0.4 is 5.32 Å². The minimum absolute atomic E-state index is 0.372. The van der Waals surface area contributed by atoms with Gasteiger partial charge in [0.1, 0.15) is 0 Å². The van der Waals surface area contributed by atoms with E-state index in [0.29, 0.717) is 17.4 Å². The van der Waals surface area contributed by atoms with Gasteiger partial charge in [0.25, 0.3) is 0 Å². The van der Waals surface area contributed by atoms with Crippen molar-refractivity contribution in [2.45, 2.75) is 13.0 Å². The average Bonchev–Trinajstić information content (AvgIpc) is 3.54. The van der Waals surface area contributed by atoms with Crippen molar-refractivity contribution in [3.63, 3.8) is 0 Å². The van der Waals surface area contributed by atoms with Crippen LogP contribution in [0.1, 0.15) is 16.8 Å². The Morgan fingerprint density at radius 3 is 2.94 bits per heavy atom. The molecule has 1 atom stereocenters. The number of pyridine rings is 1. The van der Waals surface area contributed by atoms with Gasteiger partial charge in [-0.15, -0.1) is 5.10 Å². The first kappa shape index (κ1) is 19.3. The second-order valence-electron chi connectivity index (χ2n) is 7.50. The molecule has 3 aromatic heterocycles. The van der Waals surface area contributed by atoms with Crippen LogP contribution in [-0.2, 0) is 16.0 Å². The molecule has 1 aliphatic rings. The minimum atomic E-state index is -0.372. The molecule has 0 radical (unpaired) electrons. The van der Waals surface area contributed by atoms with Crippen LogP contribution >= 0.6 is 0 Å². The molecule has 0 spiro atoms. The van der Waals surface area contributed by atoms with E-state index in [0.717, 1.165) is 48.6 Å². The summed E-state index contributed by atoms with van der Waals surface area (Å²) in [7, 11) is 1.36. The second-order valence-corrected chi connectivity index (χ2v) is 7.50. The Labute approximate surface area is 178 Å². The van der Waals surface area contributed by atoms with Gasteiger partial charge >= 0.3 is 5.97 Å². The van der Waals surface area contributed by atoms with Crippen molar-refractivity contribution in [1.29, 1.82) is 0 Å². The van der Waals surface area contributed by atoms with Crippen LogP contribution in [0.15, 0.2) is 55.0 Å². The number of hydrogen-bond donors (Lipinski definition) is 1. The van der Waals surface area contributed by atoms with Gasteiger partial charge in [0.15, 0.2) is 5.65 Å². The number of methoxy groups -OCH3 is 1. The van der Waals surface area contributed by atoms with Gasteiger partial charge in [-0.25, -0.2) is 9.31 Å². The van der Waals surface area contributed by atoms with Gasteiger partial charge in [-0.3, -0.25) is 4.68 Å². The number of carbonyl (C=O) groups is 1. The normalized spacial score (nSPS) is 16.0. The van der Waals surface area contributed by atoms with Crippen LogP contribution in [0.2, 0.25) is 0 Å². The summed E-state index contributed by atoms with van der Waals surface area (Å²) in [5.74, 6) is 0.606. The first-order chi connectivity index (χ1) is 15.2. The number of hydrogen-bond acceptors (Lipinski definition) is 7. The van der Waals surface area contributed by atoms with Crippen molar-refractivity contribution in [3.05, 3.63) is 60.6 Å². The van der Waals surface area contributed by atoms with Crippen molar-refractivity contribution in [3.8, 4) is 11.1 Å². The zero-order chi connectivity index (χ0) is 21.2. The topological polar surface area (TPSA) is 95.6 Å². The third-order valence-corrected chi connectivity index (χ3v) is 5.34. The smallest absolute Gasteiger partial charge is 0.337 e. The Balaban J connectivity index is 1.38. The SMILES string of the molecule is COC(=O)c1ccc(Nc2nc3c(-c4cnn(CC5CCOC5)c4)cccn3n2)cc1. The van der Waals surface area contributed by atoms with Crippen LogP contribution in [-0.4, -0.2) is 50.7 Å². The van der Waals surface area contributed by atoms with Gasteiger partial charge in [0.2, 0.25) is 5.95 Å². The Kier molecular flexibility index (Phi) is 5.09. The molecule has 0 aliphatic carbocycles. The summed E-state index contributed by atoms with van der Waals surface area (Å²) in [5, 5.41) is 12.2. The number of esters is 1. The van der Waals surface area contributed by atoms with Crippen molar-refractivity contribution in [2.24, 2.45) is 5.92 Å². The summed E-state index contributed by atoms with van der Waals surface area (Å²) in [4.78, 5) is 16.2. The van der Waals surface area contributed by atoms with E-state index in [4.69, 9.17) is 9.47 Å². The van der Waals surface area contributed by atoms with Crippen molar-refractivity contribution >= 4 is 23.3 Å². The Morgan fingerprint density at radius 1 is 1.29 bits per heavy atom. The molecule has 1 N–H and O–H groups in total. The summed E-state index contributed by atoms with van der Waals surface area (Å²) < 4.78 is 13.9. The lowest BCUT2D eigenvalue weighted by atomic mass is 10.1. The van der Waals surface area contributed by atoms with Gasteiger partial charge in [-0.1, -0.05) is 0 Å². The molecule has 158 valence electrons. The Morgan fingerprint density at radius 2 is 2.16 bits per heavy atom. The number of nitrogens with zero attached hydrogens (tertiary/aromatic N) is 5. The molecule has 1 aromatic carbocycles. The summed E-state index contributed by atoms with van der Waals surface area (Å²) in [5.41, 5.74) is 3.94. The van der Waals surface area contributed by atoms with Gasteiger partial charge in [-0.2, -0.15) is 10.1 Å². The van der Waals surface area contributed by atoms with Crippen LogP contribution in [0.3, 0.4) is 0 Å². The molecule has 9 heteroatoms. The second kappa shape index (κ2) is 8.19. The molecule has 9 nitrogen and oxygen atoms in total. The van der Waals surface area contributed by atoms with E-state index in [1.54, 1.807) is 28.8 Å². The average molecular weight is 418 g/mol. The highest BCUT2D eigenvalue weighted by Crippen LogP contribution is 2.25. The van der Waals surface area contributed by atoms with E-state index in [-0.39, 0.29) is 5.97 Å². The molecule has 4 heterocycles. The molecule has 0 amide bonds. The predicted octanol–water partition coefficient (Wildman–Crippen LogP) is 3.16. The first-order valence-electron chi connectivity index (χ1n) is 10.1. The lowest BCUT2D eigenvalue weighted by Gasteiger charge is -2.06. The maximum atomic E-state index is 11.6.